The van der Waals surface area contributed by atoms with Crippen LogP contribution in [0.2, 0.25) is 0 Å². The van der Waals surface area contributed by atoms with Gasteiger partial charge in [0.15, 0.2) is 17.4 Å². The molecule has 5 heavy (non-hydrogen) atoms. The van der Waals surface area contributed by atoms with Crippen LogP contribution in [0.25, 0.3) is 0 Å². The molecule has 0 aliphatic heterocycles. The van der Waals surface area contributed by atoms with E-state index in [0.29, 0.717) is 0 Å². The number of hydrogen-bond donors (Lipinski definition) is 0. The van der Waals surface area contributed by atoms with Crippen LogP contribution in [0, 0.1) is 0 Å². The predicted molar refractivity (Wildman–Crippen MR) is 15.6 cm³/mol. The fourth-order valence-corrected chi connectivity index (χ4v) is 0. The standard InChI is InChI=1S/CO.Al.Co.Mn.3H/c1-2;;;;;;. The monoisotopic (exact) mass is 172 g/mol. The minimum Gasteiger partial charge on any atom is 0 e. The molecule has 0 saturated heterocycles. The Morgan fingerprint density at radius 1 is 1.60 bits per heavy atom. The molecule has 0 rings (SSSR count). The van der Waals surface area contributed by atoms with Crippen LogP contribution in [0.1, 0.15) is 0 Å². The van der Waals surface area contributed by atoms with Crippen LogP contribution in [-0.2, 0) is 37.2 Å². The molecule has 0 aliphatic carbocycles. The van der Waals surface area contributed by atoms with Gasteiger partial charge in [0.05, 0.1) is 0 Å². The maximum atomic E-state index is 8.54. The second-order valence-electron chi connectivity index (χ2n) is 0.0680. The second kappa shape index (κ2) is 19.2. The van der Waals surface area contributed by atoms with Crippen LogP contribution in [0.4, 0.5) is 0 Å². The van der Waals surface area contributed by atoms with Gasteiger partial charge in [0.2, 0.25) is 0 Å². The van der Waals surface area contributed by atoms with Gasteiger partial charge in [-0.05, 0) is 0 Å². The molecule has 0 aromatic heterocycles. The molecule has 1 nitrogen and oxygen atoms in total. The Labute approximate surface area is 59.2 Å². The molecule has 0 N–H and O–H groups in total. The summed E-state index contributed by atoms with van der Waals surface area (Å²) in [5.74, 6) is 0. The Bertz CT molecular complexity index is 32.6. The fraction of sp³-hybridized carbons (Fsp3) is 0. The molecule has 0 atom stereocenters. The maximum Gasteiger partial charge on any atom is 0.187 e. The van der Waals surface area contributed by atoms with E-state index in [0.717, 1.165) is 0 Å². The normalized spacial score (nSPS) is 1.80. The minimum atomic E-state index is 0. The van der Waals surface area contributed by atoms with Gasteiger partial charge in [-0.25, -0.2) is 0 Å². The smallest absolute Gasteiger partial charge is 0 e. The van der Waals surface area contributed by atoms with Gasteiger partial charge in [-0.15, -0.1) is 0 Å². The summed E-state index contributed by atoms with van der Waals surface area (Å²) in [4.78, 5) is 9.73. The molecule has 1 radical (unpaired) electrons. The van der Waals surface area contributed by atoms with Gasteiger partial charge in [-0.3, -0.25) is 0 Å². The van der Waals surface area contributed by atoms with Gasteiger partial charge in [0.1, 0.15) is 0 Å². The fourth-order valence-electron chi connectivity index (χ4n) is 0. The van der Waals surface area contributed by atoms with Crippen LogP contribution in [0.5, 0.6) is 0 Å². The van der Waals surface area contributed by atoms with E-state index in [4.69, 9.17) is 4.79 Å². The van der Waals surface area contributed by atoms with E-state index in [2.05, 4.69) is 15.3 Å². The van der Waals surface area contributed by atoms with Crippen molar-refractivity contribution in [1.82, 2.24) is 0 Å². The van der Waals surface area contributed by atoms with Crippen molar-refractivity contribution in [1.29, 1.82) is 0 Å². The SMILES string of the molecule is O=[C]=[Co].[AlH3].[Mn]. The molecule has 0 aromatic carbocycles. The molecular formula is CH3AlCoMnO. The Hall–Kier alpha value is 1.14. The summed E-state index contributed by atoms with van der Waals surface area (Å²) in [7, 11) is 0. The van der Waals surface area contributed by atoms with E-state index in [9.17, 15) is 0 Å². The van der Waals surface area contributed by atoms with Crippen molar-refractivity contribution in [2.24, 2.45) is 0 Å². The molecule has 4 heteroatoms. The Morgan fingerprint density at radius 2 is 1.60 bits per heavy atom. The van der Waals surface area contributed by atoms with Gasteiger partial charge < -0.3 is 0 Å². The first-order valence-corrected chi connectivity index (χ1v) is 0.891. The van der Waals surface area contributed by atoms with Crippen molar-refractivity contribution in [3.05, 3.63) is 0 Å². The zero-order valence-corrected chi connectivity index (χ0v) is 3.84. The van der Waals surface area contributed by atoms with Crippen LogP contribution in [0.15, 0.2) is 0 Å². The molecule has 0 spiro atoms. The molecule has 32 valence electrons. The topological polar surface area (TPSA) is 17.1 Å². The summed E-state index contributed by atoms with van der Waals surface area (Å²) in [6.07, 6.45) is 0. The zero-order chi connectivity index (χ0) is 2.71. The number of rotatable bonds is 0. The summed E-state index contributed by atoms with van der Waals surface area (Å²) in [5.41, 5.74) is 0. The zero-order valence-electron chi connectivity index (χ0n) is 1.62. The summed E-state index contributed by atoms with van der Waals surface area (Å²) in [6.45, 7) is 0. The van der Waals surface area contributed by atoms with E-state index in [-0.39, 0.29) is 34.4 Å². The van der Waals surface area contributed by atoms with Gasteiger partial charge in [0.25, 0.3) is 0 Å². The molecule has 0 aromatic rings. The van der Waals surface area contributed by atoms with Crippen molar-refractivity contribution in [3.8, 4) is 0 Å². The number of hydrogen-bond acceptors (Lipinski definition) is 1. The van der Waals surface area contributed by atoms with Gasteiger partial charge >= 0.3 is 24.9 Å². The summed E-state index contributed by atoms with van der Waals surface area (Å²) in [5, 5.41) is 0. The Balaban J connectivity index is -0.0000000200. The van der Waals surface area contributed by atoms with Gasteiger partial charge in [-0.1, -0.05) is 0 Å². The van der Waals surface area contributed by atoms with Crippen molar-refractivity contribution in [2.75, 3.05) is 0 Å². The first kappa shape index (κ1) is 16.5. The summed E-state index contributed by atoms with van der Waals surface area (Å²) >= 11 is 3.02. The average Bonchev–Trinajstić information content (AvgIpc) is 0.918. The van der Waals surface area contributed by atoms with Crippen LogP contribution in [0.3, 0.4) is 0 Å². The van der Waals surface area contributed by atoms with Crippen molar-refractivity contribution >= 4 is 22.2 Å². The van der Waals surface area contributed by atoms with Crippen molar-refractivity contribution in [2.45, 2.75) is 0 Å². The van der Waals surface area contributed by atoms with Gasteiger partial charge in [0, 0.05) is 17.1 Å². The molecule has 0 amide bonds. The first-order valence-electron chi connectivity index (χ1n) is 0.371. The molecule has 0 saturated carbocycles. The van der Waals surface area contributed by atoms with E-state index < -0.39 is 0 Å². The third-order valence-electron chi connectivity index (χ3n) is 0. The summed E-state index contributed by atoms with van der Waals surface area (Å²) in [6, 6.07) is 0. The molecule has 0 bridgehead atoms. The first-order chi connectivity index (χ1) is 1.41. The quantitative estimate of drug-likeness (QED) is 0.402. The Morgan fingerprint density at radius 3 is 1.60 bits per heavy atom. The van der Waals surface area contributed by atoms with Crippen molar-refractivity contribution < 1.29 is 37.2 Å². The largest absolute Gasteiger partial charge is 0.187 e. The predicted octanol–water partition coefficient (Wildman–Crippen LogP) is -1.59. The van der Waals surface area contributed by atoms with E-state index in [1.165, 1.54) is 4.82 Å². The van der Waals surface area contributed by atoms with E-state index in [1.54, 1.807) is 0 Å². The molecule has 0 fully saturated rings. The van der Waals surface area contributed by atoms with Crippen LogP contribution in [-0.4, -0.2) is 22.2 Å². The molecule has 0 unspecified atom stereocenters. The third-order valence-corrected chi connectivity index (χ3v) is 0. The maximum absolute atomic E-state index is 8.54. The summed E-state index contributed by atoms with van der Waals surface area (Å²) < 4.78 is 0. The van der Waals surface area contributed by atoms with Crippen molar-refractivity contribution in [3.63, 3.8) is 0 Å². The second-order valence-corrected chi connectivity index (χ2v) is 0.281. The molecule has 0 heterocycles. The van der Waals surface area contributed by atoms with Gasteiger partial charge in [-0.2, -0.15) is 0 Å². The van der Waals surface area contributed by atoms with Crippen LogP contribution < -0.4 is 0 Å². The Kier molecular flexibility index (Phi) is 63.3. The minimum absolute atomic E-state index is 0. The molecular weight excluding hydrogens is 169 g/mol. The average molecular weight is 172 g/mol. The number of carbonyl (C=O) groups excluding carboxylic acids is 1. The van der Waals surface area contributed by atoms with Crippen LogP contribution >= 0.6 is 0 Å². The molecule has 0 aliphatic rings. The van der Waals surface area contributed by atoms with E-state index >= 15 is 0 Å². The van der Waals surface area contributed by atoms with E-state index in [1.807, 2.05) is 0 Å². The third kappa shape index (κ3) is 39.1.